The fourth-order valence-corrected chi connectivity index (χ4v) is 1.99. The predicted octanol–water partition coefficient (Wildman–Crippen LogP) is 0.792. The molecule has 1 fully saturated rings. The van der Waals surface area contributed by atoms with Crippen molar-refractivity contribution in [2.24, 2.45) is 0 Å². The van der Waals surface area contributed by atoms with Crippen molar-refractivity contribution < 1.29 is 19.0 Å². The number of amides is 1. The molecule has 0 spiro atoms. The minimum Gasteiger partial charge on any atom is -0.394 e. The number of rotatable bonds is 5. The van der Waals surface area contributed by atoms with Gasteiger partial charge in [0.1, 0.15) is 0 Å². The van der Waals surface area contributed by atoms with Crippen LogP contribution in [0.1, 0.15) is 12.0 Å². The van der Waals surface area contributed by atoms with Crippen LogP contribution in [0.3, 0.4) is 0 Å². The second kappa shape index (κ2) is 5.46. The SMILES string of the molecule is O=C1NC(CO)CC1(F)COCc1ccccc1. The molecule has 1 amide bonds. The molecule has 2 atom stereocenters. The second-order valence-electron chi connectivity index (χ2n) is 4.50. The number of hydrogen-bond acceptors (Lipinski definition) is 3. The summed E-state index contributed by atoms with van der Waals surface area (Å²) >= 11 is 0. The van der Waals surface area contributed by atoms with Crippen LogP contribution in [0.15, 0.2) is 30.3 Å². The first-order valence-electron chi connectivity index (χ1n) is 5.86. The average Bonchev–Trinajstić information content (AvgIpc) is 2.67. The third-order valence-corrected chi connectivity index (χ3v) is 2.97. The number of carbonyl (C=O) groups excluding carboxylic acids is 1. The molecule has 0 saturated carbocycles. The highest BCUT2D eigenvalue weighted by atomic mass is 19.1. The summed E-state index contributed by atoms with van der Waals surface area (Å²) < 4.78 is 19.5. The Morgan fingerprint density at radius 2 is 2.17 bits per heavy atom. The lowest BCUT2D eigenvalue weighted by atomic mass is 10.0. The van der Waals surface area contributed by atoms with E-state index in [1.807, 2.05) is 30.3 Å². The Morgan fingerprint density at radius 3 is 2.78 bits per heavy atom. The first-order valence-corrected chi connectivity index (χ1v) is 5.86. The first-order chi connectivity index (χ1) is 8.64. The smallest absolute Gasteiger partial charge is 0.260 e. The van der Waals surface area contributed by atoms with Crippen LogP contribution in [0.5, 0.6) is 0 Å². The molecule has 1 aliphatic heterocycles. The molecule has 0 aromatic heterocycles. The molecule has 4 nitrogen and oxygen atoms in total. The Balaban J connectivity index is 1.85. The second-order valence-corrected chi connectivity index (χ2v) is 4.50. The van der Waals surface area contributed by atoms with E-state index in [-0.39, 0.29) is 26.2 Å². The summed E-state index contributed by atoms with van der Waals surface area (Å²) in [5, 5.41) is 11.3. The standard InChI is InChI=1S/C13H16FNO3/c14-13(6-11(7-16)15-12(13)17)9-18-8-10-4-2-1-3-5-10/h1-5,11,16H,6-9H2,(H,15,17). The summed E-state index contributed by atoms with van der Waals surface area (Å²) in [6.07, 6.45) is -0.0445. The molecule has 0 radical (unpaired) electrons. The predicted molar refractivity (Wildman–Crippen MR) is 63.6 cm³/mol. The van der Waals surface area contributed by atoms with Gasteiger partial charge in [0.05, 0.1) is 25.9 Å². The monoisotopic (exact) mass is 253 g/mol. The topological polar surface area (TPSA) is 58.6 Å². The van der Waals surface area contributed by atoms with Crippen molar-refractivity contribution in [1.29, 1.82) is 0 Å². The van der Waals surface area contributed by atoms with Crippen molar-refractivity contribution in [1.82, 2.24) is 5.32 Å². The van der Waals surface area contributed by atoms with Crippen LogP contribution in [0.4, 0.5) is 4.39 Å². The fourth-order valence-electron chi connectivity index (χ4n) is 1.99. The molecule has 0 aliphatic carbocycles. The molecule has 18 heavy (non-hydrogen) atoms. The van der Waals surface area contributed by atoms with Crippen molar-refractivity contribution in [2.45, 2.75) is 24.7 Å². The van der Waals surface area contributed by atoms with Crippen LogP contribution in [0.25, 0.3) is 0 Å². The number of aliphatic hydroxyl groups excluding tert-OH is 1. The molecular weight excluding hydrogens is 237 g/mol. The quantitative estimate of drug-likeness (QED) is 0.815. The molecule has 2 unspecified atom stereocenters. The van der Waals surface area contributed by atoms with E-state index >= 15 is 0 Å². The lowest BCUT2D eigenvalue weighted by Gasteiger charge is -2.16. The minimum absolute atomic E-state index is 0.0445. The minimum atomic E-state index is -2.03. The van der Waals surface area contributed by atoms with Crippen molar-refractivity contribution in [3.05, 3.63) is 35.9 Å². The van der Waals surface area contributed by atoms with E-state index in [9.17, 15) is 9.18 Å². The van der Waals surface area contributed by atoms with Crippen LogP contribution in [0, 0.1) is 0 Å². The van der Waals surface area contributed by atoms with Crippen LogP contribution >= 0.6 is 0 Å². The van der Waals surface area contributed by atoms with Gasteiger partial charge in [-0.05, 0) is 5.56 Å². The summed E-state index contributed by atoms with van der Waals surface area (Å²) in [5.41, 5.74) is -1.10. The lowest BCUT2D eigenvalue weighted by molar-refractivity contribution is -0.133. The van der Waals surface area contributed by atoms with Gasteiger partial charge in [0.2, 0.25) is 5.67 Å². The van der Waals surface area contributed by atoms with Crippen LogP contribution in [-0.2, 0) is 16.1 Å². The number of hydrogen-bond donors (Lipinski definition) is 2. The average molecular weight is 253 g/mol. The molecule has 1 aromatic carbocycles. The number of ether oxygens (including phenoxy) is 1. The van der Waals surface area contributed by atoms with Gasteiger partial charge in [-0.1, -0.05) is 30.3 Å². The van der Waals surface area contributed by atoms with Gasteiger partial charge in [0.15, 0.2) is 0 Å². The maximum absolute atomic E-state index is 14.2. The van der Waals surface area contributed by atoms with E-state index in [0.29, 0.717) is 0 Å². The Hall–Kier alpha value is -1.46. The van der Waals surface area contributed by atoms with Crippen molar-refractivity contribution >= 4 is 5.91 Å². The summed E-state index contributed by atoms with van der Waals surface area (Å²) in [6, 6.07) is 8.85. The summed E-state index contributed by atoms with van der Waals surface area (Å²) in [7, 11) is 0. The van der Waals surface area contributed by atoms with E-state index < -0.39 is 17.6 Å². The molecule has 1 aliphatic rings. The highest BCUT2D eigenvalue weighted by Gasteiger charge is 2.47. The fraction of sp³-hybridized carbons (Fsp3) is 0.462. The Bertz CT molecular complexity index is 412. The molecular formula is C13H16FNO3. The Labute approximate surface area is 105 Å². The van der Waals surface area contributed by atoms with E-state index in [1.165, 1.54) is 0 Å². The zero-order valence-electron chi connectivity index (χ0n) is 9.93. The first kappa shape index (κ1) is 13.0. The molecule has 1 saturated heterocycles. The van der Waals surface area contributed by atoms with Crippen LogP contribution < -0.4 is 5.32 Å². The highest BCUT2D eigenvalue weighted by molar-refractivity contribution is 5.87. The zero-order chi connectivity index (χ0) is 13.0. The van der Waals surface area contributed by atoms with E-state index in [4.69, 9.17) is 9.84 Å². The third kappa shape index (κ3) is 2.86. The number of aliphatic hydroxyl groups is 1. The van der Waals surface area contributed by atoms with E-state index in [0.717, 1.165) is 5.56 Å². The van der Waals surface area contributed by atoms with Gasteiger partial charge < -0.3 is 15.2 Å². The van der Waals surface area contributed by atoms with Gasteiger partial charge in [-0.2, -0.15) is 0 Å². The summed E-state index contributed by atoms with van der Waals surface area (Å²) in [4.78, 5) is 11.4. The van der Waals surface area contributed by atoms with Crippen molar-refractivity contribution in [2.75, 3.05) is 13.2 Å². The van der Waals surface area contributed by atoms with Gasteiger partial charge in [-0.3, -0.25) is 4.79 Å². The number of benzene rings is 1. The van der Waals surface area contributed by atoms with Gasteiger partial charge in [-0.25, -0.2) is 4.39 Å². The largest absolute Gasteiger partial charge is 0.394 e. The number of nitrogens with one attached hydrogen (secondary N) is 1. The van der Waals surface area contributed by atoms with Gasteiger partial charge in [-0.15, -0.1) is 0 Å². The van der Waals surface area contributed by atoms with Gasteiger partial charge >= 0.3 is 0 Å². The molecule has 1 heterocycles. The Morgan fingerprint density at radius 1 is 1.44 bits per heavy atom. The van der Waals surface area contributed by atoms with Gasteiger partial charge in [0, 0.05) is 6.42 Å². The number of halogens is 1. The molecule has 2 N–H and O–H groups in total. The Kier molecular flexibility index (Phi) is 3.93. The normalized spacial score (nSPS) is 27.2. The van der Waals surface area contributed by atoms with Crippen molar-refractivity contribution in [3.63, 3.8) is 0 Å². The third-order valence-electron chi connectivity index (χ3n) is 2.97. The molecule has 2 rings (SSSR count). The van der Waals surface area contributed by atoms with Gasteiger partial charge in [0.25, 0.3) is 5.91 Å². The van der Waals surface area contributed by atoms with E-state index in [1.54, 1.807) is 0 Å². The summed E-state index contributed by atoms with van der Waals surface area (Å²) in [6.45, 7) is -0.274. The van der Waals surface area contributed by atoms with Crippen LogP contribution in [0.2, 0.25) is 0 Å². The number of alkyl halides is 1. The van der Waals surface area contributed by atoms with E-state index in [2.05, 4.69) is 5.32 Å². The summed E-state index contributed by atoms with van der Waals surface area (Å²) in [5.74, 6) is -0.699. The molecule has 1 aromatic rings. The molecule has 0 bridgehead atoms. The highest BCUT2D eigenvalue weighted by Crippen LogP contribution is 2.25. The van der Waals surface area contributed by atoms with Crippen LogP contribution in [-0.4, -0.2) is 35.9 Å². The zero-order valence-corrected chi connectivity index (χ0v) is 9.93. The molecule has 98 valence electrons. The number of carbonyl (C=O) groups is 1. The maximum Gasteiger partial charge on any atom is 0.260 e. The lowest BCUT2D eigenvalue weighted by Crippen LogP contribution is -2.38. The maximum atomic E-state index is 14.2. The molecule has 5 heteroatoms. The van der Waals surface area contributed by atoms with Crippen molar-refractivity contribution in [3.8, 4) is 0 Å².